The number of nitrogens with one attached hydrogen (secondary N) is 3. The van der Waals surface area contributed by atoms with E-state index >= 15 is 0 Å². The van der Waals surface area contributed by atoms with Crippen molar-refractivity contribution in [1.29, 1.82) is 0 Å². The molecule has 2 aromatic rings. The summed E-state index contributed by atoms with van der Waals surface area (Å²) in [6.45, 7) is 13.1. The van der Waals surface area contributed by atoms with Crippen LogP contribution < -0.4 is 30.3 Å². The Morgan fingerprint density at radius 1 is 0.827 bits per heavy atom. The number of allylic oxidation sites excluding steroid dienone is 2. The van der Waals surface area contributed by atoms with Crippen molar-refractivity contribution in [3.05, 3.63) is 93.1 Å². The molecule has 2 aromatic carbocycles. The fourth-order valence-electron chi connectivity index (χ4n) is 14.3. The monoisotopic (exact) mass is 1700 g/mol. The maximum absolute atomic E-state index is 14.6. The average Bonchev–Trinajstić information content (AvgIpc) is 0.757. The molecule has 0 spiro atoms. The Morgan fingerprint density at radius 2 is 1.52 bits per heavy atom. The van der Waals surface area contributed by atoms with Crippen LogP contribution in [0.2, 0.25) is 0 Å². The highest BCUT2D eigenvalue weighted by Crippen LogP contribution is 2.50. The largest absolute Gasteiger partial charge is 0.492 e. The molecule has 29 nitrogen and oxygen atoms in total. The first-order chi connectivity index (χ1) is 52.6. The molecule has 0 radical (unpaired) electrons. The minimum absolute atomic E-state index is 0.00428. The van der Waals surface area contributed by atoms with Crippen molar-refractivity contribution in [2.45, 2.75) is 213 Å². The van der Waals surface area contributed by atoms with Gasteiger partial charge in [0.25, 0.3) is 0 Å². The fraction of sp³-hybridized carbons (Fsp3) is 0.610. The quantitative estimate of drug-likeness (QED) is 0.0125. The molecule has 7 aliphatic rings. The summed E-state index contributed by atoms with van der Waals surface area (Å²) in [5.41, 5.74) is 2.09. The number of alkyl carbamates (subject to hydrolysis) is 1. The van der Waals surface area contributed by atoms with E-state index in [0.29, 0.717) is 53.7 Å². The van der Waals surface area contributed by atoms with E-state index in [0.717, 1.165) is 18.9 Å². The van der Waals surface area contributed by atoms with Gasteiger partial charge in [0.1, 0.15) is 42.7 Å². The molecule has 604 valence electrons. The van der Waals surface area contributed by atoms with Gasteiger partial charge in [0.15, 0.2) is 41.8 Å². The lowest BCUT2D eigenvalue weighted by Gasteiger charge is -2.47. The summed E-state index contributed by atoms with van der Waals surface area (Å²) in [7, 11) is 9.63. The highest BCUT2D eigenvalue weighted by molar-refractivity contribution is 14.1. The van der Waals surface area contributed by atoms with Crippen molar-refractivity contribution >= 4 is 96.3 Å². The Bertz CT molecular complexity index is 3780. The molecule has 33 heteroatoms. The molecule has 9 rings (SSSR count). The second-order valence-electron chi connectivity index (χ2n) is 28.1. The van der Waals surface area contributed by atoms with Gasteiger partial charge in [0.2, 0.25) is 34.9 Å². The molecular formula is C77H102IN5O24S3. The number of methoxy groups -OCH3 is 5. The molecule has 5 aliphatic heterocycles. The standard InChI is InChI=1S/C77H102IN5O24S3/c1-13-83(45(5)84)50-41-100-56(38-54(50)95-8)105-68-63(89)49(81-107-57-37-51(85)70(44(4)102-57)109-72(92)58-42(2)60(78)66(69(98-11)65(58)96-9)106-73-64(90)67(97-10)62(88)43(3)103-73)40-101-74(68)104-53-27-23-19-20-24-32-77(94)39-52(86)61(80-75(93)99-12)59(53)48(77)31-36-108-110-76(6,7)33-28-55(87)82-34-29-46(30-35-82)71(91)79-47-25-21-17-15-14-16-18-22-26-47/h14-22,25-26,31,43-44,46,49-51,53-54,56-57,59,61-64,67-68,70,73-74,81,85,88-90,94H,13,28-30,33-41H2,1-12H3,(H,79,91)(H,80,93)/b15-14?,16-14?,17-15?,18-16?,20-19-,21-17?,22-18?,25-21?,26-22?,47-25?,47-26?,48-31+/t43?,44?,49?,50?,51?,53-,54?,56?,57?,59?,61?,62?,63?,64?,67?,68?,70?,73?,74?,77-/m0/s1. The number of hydroxylamine groups is 1. The maximum atomic E-state index is 14.6. The van der Waals surface area contributed by atoms with Gasteiger partial charge in [0.05, 0.1) is 91.8 Å². The first-order valence-electron chi connectivity index (χ1n) is 36.5. The van der Waals surface area contributed by atoms with Crippen LogP contribution in [0.25, 0.3) is 0 Å². The number of anilines is 1. The van der Waals surface area contributed by atoms with E-state index in [1.165, 1.54) is 69.1 Å². The Morgan fingerprint density at radius 3 is 2.16 bits per heavy atom. The van der Waals surface area contributed by atoms with Gasteiger partial charge in [-0.05, 0) is 119 Å². The molecular weight excluding hydrogens is 1600 g/mol. The van der Waals surface area contributed by atoms with Gasteiger partial charge in [-0.3, -0.25) is 28.8 Å². The molecule has 2 aliphatic carbocycles. The van der Waals surface area contributed by atoms with Gasteiger partial charge in [-0.2, -0.15) is 5.48 Å². The van der Waals surface area contributed by atoms with Crippen LogP contribution in [0.1, 0.15) is 102 Å². The normalized spacial score (nSPS) is 31.7. The number of thioether (sulfide) groups is 1. The third-order valence-electron chi connectivity index (χ3n) is 20.3. The molecule has 8 N–H and O–H groups in total. The highest BCUT2D eigenvalue weighted by atomic mass is 127. The zero-order valence-electron chi connectivity index (χ0n) is 63.7. The minimum atomic E-state index is -2.14. The first-order valence-corrected chi connectivity index (χ1v) is 40.8. The molecule has 2 bridgehead atoms. The van der Waals surface area contributed by atoms with Crippen LogP contribution >= 0.6 is 55.9 Å². The topological polar surface area (TPSA) is 366 Å². The maximum Gasteiger partial charge on any atom is 0.407 e. The van der Waals surface area contributed by atoms with Crippen molar-refractivity contribution in [3.8, 4) is 40.9 Å². The van der Waals surface area contributed by atoms with E-state index < -0.39 is 149 Å². The fourth-order valence-corrected chi connectivity index (χ4v) is 18.5. The van der Waals surface area contributed by atoms with Gasteiger partial charge in [-0.15, -0.1) is 0 Å². The lowest BCUT2D eigenvalue weighted by Crippen LogP contribution is -2.64. The second-order valence-corrected chi connectivity index (χ2v) is 33.4. The number of benzene rings is 1. The number of likely N-dealkylation sites (N-methyl/N-ethyl adjacent to an activating group) is 1. The molecule has 110 heavy (non-hydrogen) atoms. The van der Waals surface area contributed by atoms with Gasteiger partial charge in [-0.1, -0.05) is 106 Å². The number of piperidine rings is 1. The van der Waals surface area contributed by atoms with Crippen LogP contribution in [-0.4, -0.2) is 264 Å². The van der Waals surface area contributed by atoms with Gasteiger partial charge >= 0.3 is 6.09 Å². The van der Waals surface area contributed by atoms with E-state index in [-0.39, 0.29) is 90.3 Å². The Balaban J connectivity index is 0.899. The van der Waals surface area contributed by atoms with Crippen LogP contribution in [0.5, 0.6) is 17.2 Å². The number of hydrogen-bond acceptors (Lipinski definition) is 28. The number of carbonyl (C=O) groups excluding carboxylic acids is 6. The van der Waals surface area contributed by atoms with E-state index in [4.69, 9.17) is 61.7 Å². The van der Waals surface area contributed by atoms with Gasteiger partial charge in [-0.25, -0.2) is 4.79 Å². The molecule has 1 saturated carbocycles. The summed E-state index contributed by atoms with van der Waals surface area (Å²) >= 11 is 2.79. The van der Waals surface area contributed by atoms with Crippen LogP contribution in [0, 0.1) is 46.0 Å². The number of halogens is 1. The number of fused-ring (bicyclic) bond motifs is 2. The van der Waals surface area contributed by atoms with E-state index in [9.17, 15) is 54.3 Å². The second kappa shape index (κ2) is 40.9. The summed E-state index contributed by atoms with van der Waals surface area (Å²) < 4.78 is 72.7. The van der Waals surface area contributed by atoms with Crippen molar-refractivity contribution in [2.24, 2.45) is 11.8 Å². The van der Waals surface area contributed by atoms with Crippen LogP contribution in [0.4, 0.5) is 10.5 Å². The molecule has 20 atom stereocenters. The number of aliphatic hydroxyl groups is 5. The van der Waals surface area contributed by atoms with E-state index in [1.807, 2.05) is 103 Å². The third-order valence-corrected chi connectivity index (χ3v) is 26.2. The minimum Gasteiger partial charge on any atom is -0.492 e. The Kier molecular flexibility index (Phi) is 32.8. The first kappa shape index (κ1) is 88.1. The number of Topliss-reactive ketones (excluding diaryl/α,β-unsaturated/α-hetero) is 1. The molecule has 4 amide bonds. The summed E-state index contributed by atoms with van der Waals surface area (Å²) in [6, 6.07) is 13.7. The van der Waals surface area contributed by atoms with Crippen LogP contribution in [-0.2, 0) is 66.6 Å². The van der Waals surface area contributed by atoms with Crippen molar-refractivity contribution in [3.63, 3.8) is 0 Å². The van der Waals surface area contributed by atoms with Crippen molar-refractivity contribution < 1.29 is 116 Å². The third kappa shape index (κ3) is 21.9. The summed E-state index contributed by atoms with van der Waals surface area (Å²) in [4.78, 5) is 91.9. The molecule has 6 fully saturated rings. The number of aliphatic hydroxyl groups excluding tert-OH is 4. The number of amides is 4. The zero-order valence-corrected chi connectivity index (χ0v) is 68.3. The number of ether oxygens (including phenoxy) is 12. The lowest BCUT2D eigenvalue weighted by atomic mass is 9.68. The number of nitrogens with zero attached hydrogens (tertiary/aromatic N) is 2. The molecule has 5 saturated heterocycles. The smallest absolute Gasteiger partial charge is 0.407 e. The summed E-state index contributed by atoms with van der Waals surface area (Å²) in [6.07, 6.45) is -12.2. The number of hydrogen-bond donors (Lipinski definition) is 8. The van der Waals surface area contributed by atoms with Crippen molar-refractivity contribution in [1.82, 2.24) is 20.6 Å². The van der Waals surface area contributed by atoms with E-state index in [2.05, 4.69) is 39.8 Å². The summed E-state index contributed by atoms with van der Waals surface area (Å²) in [5, 5.41) is 63.3. The number of carbonyl (C=O) groups is 6. The number of rotatable bonds is 27. The summed E-state index contributed by atoms with van der Waals surface area (Å²) in [5.74, 6) is 9.51. The highest BCUT2D eigenvalue weighted by Gasteiger charge is 2.55. The van der Waals surface area contributed by atoms with Crippen LogP contribution in [0.15, 0.2) is 78.4 Å². The molecule has 0 aromatic heterocycles. The predicted molar refractivity (Wildman–Crippen MR) is 416 cm³/mol. The zero-order chi connectivity index (χ0) is 79.7. The lowest BCUT2D eigenvalue weighted by molar-refractivity contribution is -0.328. The van der Waals surface area contributed by atoms with Crippen LogP contribution in [0.3, 0.4) is 0 Å². The number of likely N-dealkylation sites (tertiary alicyclic amines) is 1. The predicted octanol–water partition coefficient (Wildman–Crippen LogP) is 6.08. The molecule has 5 heterocycles. The van der Waals surface area contributed by atoms with Crippen molar-refractivity contribution in [2.75, 3.05) is 79.5 Å². The Hall–Kier alpha value is -5.88. The average molecular weight is 1700 g/mol. The number of ketones is 1. The Labute approximate surface area is 667 Å². The van der Waals surface area contributed by atoms with E-state index in [1.54, 1.807) is 31.7 Å². The van der Waals surface area contributed by atoms with Gasteiger partial charge in [0, 0.05) is 88.1 Å². The SMILES string of the molecule is CCN(C(C)=O)C1COC(OC2C(O[C@H]3C#C/C=C\C#C[C@]4(O)CC(=O)C(NC(=O)OC)C3/C4=C\CSSC(C)(C)CCC(=O)N3CCC(C(=O)Nc4ccccccccc4)CC3)OCC(NOC3CC(O)C(SC(=O)c4c(C)c(I)c(OC5OC(C)C(O)C(OC)C5O)c(OC)c4OC)C(C)O3)C2O)CC1OC. The van der Waals surface area contributed by atoms with Gasteiger partial charge < -0.3 is 103 Å². The molecule has 18 unspecified atom stereocenters.